The second kappa shape index (κ2) is 3.11. The zero-order chi connectivity index (χ0) is 5.86. The lowest BCUT2D eigenvalue weighted by Gasteiger charge is -1.88. The molecule has 0 aliphatic heterocycles. The Bertz CT molecular complexity index is 74.1. The molecule has 0 bridgehead atoms. The molecule has 0 radical (unpaired) electrons. The molecule has 0 aromatic carbocycles. The van der Waals surface area contributed by atoms with Crippen molar-refractivity contribution in [2.75, 3.05) is 0 Å². The van der Waals surface area contributed by atoms with E-state index in [1.807, 2.05) is 0 Å². The quantitative estimate of drug-likeness (QED) is 0.622. The molecule has 42 valence electrons. The van der Waals surface area contributed by atoms with E-state index in [1.54, 1.807) is 0 Å². The molecule has 0 rings (SSSR count). The van der Waals surface area contributed by atoms with Crippen molar-refractivity contribution in [1.82, 2.24) is 0 Å². The Kier molecular flexibility index (Phi) is 3.14. The largest absolute Gasteiger partial charge is 0.390 e. The first-order chi connectivity index (χ1) is 3.18. The maximum Gasteiger partial charge on any atom is 0.383 e. The topological polar surface area (TPSA) is 26.3 Å². The third-order valence-electron chi connectivity index (χ3n) is 0.254. The molecule has 0 fully saturated rings. The Balaban J connectivity index is 3.35. The van der Waals surface area contributed by atoms with Crippen LogP contribution in [0.1, 0.15) is 0 Å². The second-order valence-electron chi connectivity index (χ2n) is 0.697. The van der Waals surface area contributed by atoms with Crippen molar-refractivity contribution < 1.29 is 16.6 Å². The predicted octanol–water partition coefficient (Wildman–Crippen LogP) is 1.14. The van der Waals surface area contributed by atoms with Gasteiger partial charge in [-0.05, 0) is 0 Å². The van der Waals surface area contributed by atoms with Crippen LogP contribution in [-0.4, -0.2) is 12.4 Å². The van der Waals surface area contributed by atoms with Gasteiger partial charge in [-0.15, -0.1) is 0 Å². The molecule has 2 nitrogen and oxygen atoms in total. The summed E-state index contributed by atoms with van der Waals surface area (Å²) in [4.78, 5) is 9.53. The molecule has 0 aromatic rings. The standard InChI is InChI=1S/C2HF2IO2/c3-1(4)2(6)7-5/h1H. The Morgan fingerprint density at radius 1 is 1.71 bits per heavy atom. The molecule has 0 saturated carbocycles. The van der Waals surface area contributed by atoms with Gasteiger partial charge in [0.2, 0.25) is 0 Å². The van der Waals surface area contributed by atoms with Gasteiger partial charge in [-0.2, -0.15) is 8.78 Å². The number of hydrogen-bond acceptors (Lipinski definition) is 2. The highest BCUT2D eigenvalue weighted by molar-refractivity contribution is 14.1. The predicted molar refractivity (Wildman–Crippen MR) is 26.1 cm³/mol. The zero-order valence-electron chi connectivity index (χ0n) is 3.03. The lowest BCUT2D eigenvalue weighted by molar-refractivity contribution is -0.143. The number of halogens is 3. The summed E-state index contributed by atoms with van der Waals surface area (Å²) in [7, 11) is 0. The fourth-order valence-corrected chi connectivity index (χ4v) is 0.226. The second-order valence-corrected chi connectivity index (χ2v) is 1.14. The van der Waals surface area contributed by atoms with Gasteiger partial charge in [-0.3, -0.25) is 0 Å². The smallest absolute Gasteiger partial charge is 0.383 e. The normalized spacial score (nSPS) is 9.14. The molecule has 7 heavy (non-hydrogen) atoms. The summed E-state index contributed by atoms with van der Waals surface area (Å²) in [5.74, 6) is -1.50. The van der Waals surface area contributed by atoms with E-state index in [0.29, 0.717) is 0 Å². The van der Waals surface area contributed by atoms with Crippen LogP contribution in [0.5, 0.6) is 0 Å². The van der Waals surface area contributed by atoms with Crippen LogP contribution in [-0.2, 0) is 7.86 Å². The summed E-state index contributed by atoms with van der Waals surface area (Å²) in [5.41, 5.74) is 0. The van der Waals surface area contributed by atoms with Gasteiger partial charge in [-0.25, -0.2) is 4.79 Å². The number of carbonyl (C=O) groups is 1. The van der Waals surface area contributed by atoms with Crippen molar-refractivity contribution in [2.45, 2.75) is 6.43 Å². The average molecular weight is 222 g/mol. The lowest BCUT2D eigenvalue weighted by Crippen LogP contribution is -2.07. The van der Waals surface area contributed by atoms with E-state index < -0.39 is 12.4 Å². The number of alkyl halides is 2. The molecular formula is C2HF2IO2. The van der Waals surface area contributed by atoms with Crippen molar-refractivity contribution in [3.05, 3.63) is 0 Å². The summed E-state index contributed by atoms with van der Waals surface area (Å²) in [6, 6.07) is 0. The molecule has 0 atom stereocenters. The first-order valence-corrected chi connectivity index (χ1v) is 2.17. The summed E-state index contributed by atoms with van der Waals surface area (Å²) >= 11 is 1.10. The van der Waals surface area contributed by atoms with Crippen molar-refractivity contribution in [3.8, 4) is 0 Å². The SMILES string of the molecule is O=C(OI)C(F)F. The van der Waals surface area contributed by atoms with Crippen LogP contribution < -0.4 is 0 Å². The van der Waals surface area contributed by atoms with Crippen LogP contribution >= 0.6 is 23.0 Å². The Labute approximate surface area is 52.5 Å². The third-order valence-corrected chi connectivity index (χ3v) is 0.688. The molecule has 0 aliphatic rings. The van der Waals surface area contributed by atoms with E-state index in [1.165, 1.54) is 0 Å². The molecule has 0 heterocycles. The van der Waals surface area contributed by atoms with Gasteiger partial charge in [0.25, 0.3) is 0 Å². The highest BCUT2D eigenvalue weighted by Crippen LogP contribution is 1.98. The Morgan fingerprint density at radius 2 is 2.14 bits per heavy atom. The van der Waals surface area contributed by atoms with Crippen molar-refractivity contribution in [2.24, 2.45) is 0 Å². The number of rotatable bonds is 1. The van der Waals surface area contributed by atoms with Gasteiger partial charge in [0.05, 0.1) is 0 Å². The minimum Gasteiger partial charge on any atom is -0.390 e. The van der Waals surface area contributed by atoms with Crippen LogP contribution in [0.2, 0.25) is 0 Å². The average Bonchev–Trinajstić information content (AvgIpc) is 1.65. The summed E-state index contributed by atoms with van der Waals surface area (Å²) in [6.07, 6.45) is -3.00. The highest BCUT2D eigenvalue weighted by atomic mass is 127. The van der Waals surface area contributed by atoms with Gasteiger partial charge < -0.3 is 3.07 Å². The van der Waals surface area contributed by atoms with Gasteiger partial charge in [0.1, 0.15) is 0 Å². The van der Waals surface area contributed by atoms with Crippen LogP contribution in [0.3, 0.4) is 0 Å². The molecule has 0 saturated heterocycles. The van der Waals surface area contributed by atoms with Crippen LogP contribution in [0.25, 0.3) is 0 Å². The van der Waals surface area contributed by atoms with E-state index in [2.05, 4.69) is 3.07 Å². The first kappa shape index (κ1) is 7.06. The fraction of sp³-hybridized carbons (Fsp3) is 0.500. The number of hydrogen-bond donors (Lipinski definition) is 0. The third kappa shape index (κ3) is 2.72. The molecule has 0 unspecified atom stereocenters. The molecule has 0 N–H and O–H groups in total. The highest BCUT2D eigenvalue weighted by Gasteiger charge is 2.14. The molecule has 0 aliphatic carbocycles. The molecule has 0 amide bonds. The summed E-state index contributed by atoms with van der Waals surface area (Å²) < 4.78 is 25.5. The van der Waals surface area contributed by atoms with Gasteiger partial charge in [0.15, 0.2) is 23.0 Å². The van der Waals surface area contributed by atoms with E-state index in [0.717, 1.165) is 23.0 Å². The van der Waals surface area contributed by atoms with E-state index in [4.69, 9.17) is 0 Å². The van der Waals surface area contributed by atoms with Crippen LogP contribution in [0, 0.1) is 0 Å². The maximum absolute atomic E-state index is 10.9. The summed E-state index contributed by atoms with van der Waals surface area (Å²) in [6.45, 7) is 0. The molecule has 0 spiro atoms. The van der Waals surface area contributed by atoms with E-state index in [-0.39, 0.29) is 0 Å². The first-order valence-electron chi connectivity index (χ1n) is 1.29. The minimum absolute atomic E-state index is 1.10. The summed E-state index contributed by atoms with van der Waals surface area (Å²) in [5, 5.41) is 0. The minimum atomic E-state index is -3.00. The van der Waals surface area contributed by atoms with Crippen molar-refractivity contribution in [1.29, 1.82) is 0 Å². The number of carbonyl (C=O) groups excluding carboxylic acids is 1. The van der Waals surface area contributed by atoms with Gasteiger partial charge in [0, 0.05) is 0 Å². The van der Waals surface area contributed by atoms with E-state index in [9.17, 15) is 13.6 Å². The van der Waals surface area contributed by atoms with E-state index >= 15 is 0 Å². The molecule has 5 heteroatoms. The Morgan fingerprint density at radius 3 is 2.14 bits per heavy atom. The maximum atomic E-state index is 10.9. The van der Waals surface area contributed by atoms with Crippen molar-refractivity contribution >= 4 is 29.0 Å². The molecule has 0 aromatic heterocycles. The van der Waals surface area contributed by atoms with Crippen LogP contribution in [0.4, 0.5) is 8.78 Å². The fourth-order valence-electron chi connectivity index (χ4n) is 0.0337. The van der Waals surface area contributed by atoms with Gasteiger partial charge >= 0.3 is 12.4 Å². The van der Waals surface area contributed by atoms with Gasteiger partial charge in [-0.1, -0.05) is 0 Å². The van der Waals surface area contributed by atoms with Crippen LogP contribution in [0.15, 0.2) is 0 Å². The monoisotopic (exact) mass is 222 g/mol. The van der Waals surface area contributed by atoms with Crippen molar-refractivity contribution in [3.63, 3.8) is 0 Å². The Hall–Kier alpha value is 0.0600. The zero-order valence-corrected chi connectivity index (χ0v) is 5.19. The molecular weight excluding hydrogens is 221 g/mol. The lowest BCUT2D eigenvalue weighted by atomic mass is 10.7.